The fourth-order valence-electron chi connectivity index (χ4n) is 2.81. The lowest BCUT2D eigenvalue weighted by molar-refractivity contribution is 0.414. The van der Waals surface area contributed by atoms with Gasteiger partial charge in [0.15, 0.2) is 5.16 Å². The molecule has 0 N–H and O–H groups in total. The fourth-order valence-corrected chi connectivity index (χ4v) is 10.9. The Bertz CT molecular complexity index is 900. The summed E-state index contributed by atoms with van der Waals surface area (Å²) in [7, 11) is 3.20. The standard InChI is InChI=1S/C18H15N2O2PS2/c1-21-14-5-3-13(4-6-14)17-18(11-19,12-20)23(24,25-17)16-9-7-15(22-2)8-10-16/h3-10,17H,1-2H3. The highest BCUT2D eigenvalue weighted by atomic mass is 32.9. The highest BCUT2D eigenvalue weighted by molar-refractivity contribution is 8.76. The Hall–Kier alpha value is -1.98. The first kappa shape index (κ1) is 17.8. The quantitative estimate of drug-likeness (QED) is 0.740. The lowest BCUT2D eigenvalue weighted by Gasteiger charge is -2.49. The molecule has 0 radical (unpaired) electrons. The third-order valence-corrected chi connectivity index (χ3v) is 13.2. The van der Waals surface area contributed by atoms with Crippen molar-refractivity contribution in [2.24, 2.45) is 0 Å². The Morgan fingerprint density at radius 2 is 1.44 bits per heavy atom. The van der Waals surface area contributed by atoms with Gasteiger partial charge in [0.25, 0.3) is 0 Å². The number of hydrogen-bond donors (Lipinski definition) is 0. The van der Waals surface area contributed by atoms with Crippen LogP contribution in [0.5, 0.6) is 11.5 Å². The van der Waals surface area contributed by atoms with E-state index >= 15 is 0 Å². The maximum atomic E-state index is 9.89. The zero-order valence-electron chi connectivity index (χ0n) is 13.7. The zero-order valence-corrected chi connectivity index (χ0v) is 16.2. The second kappa shape index (κ2) is 6.73. The summed E-state index contributed by atoms with van der Waals surface area (Å²) in [6.45, 7) is 0. The van der Waals surface area contributed by atoms with E-state index in [1.807, 2.05) is 48.5 Å². The Labute approximate surface area is 156 Å². The van der Waals surface area contributed by atoms with E-state index in [2.05, 4.69) is 12.1 Å². The van der Waals surface area contributed by atoms with E-state index in [0.29, 0.717) is 0 Å². The summed E-state index contributed by atoms with van der Waals surface area (Å²) in [6.07, 6.45) is 0. The molecule has 0 amide bonds. The van der Waals surface area contributed by atoms with Crippen molar-refractivity contribution < 1.29 is 9.47 Å². The Balaban J connectivity index is 2.01. The second-order valence-corrected chi connectivity index (χ2v) is 13.1. The Kier molecular flexibility index (Phi) is 4.80. The molecule has 3 rings (SSSR count). The van der Waals surface area contributed by atoms with E-state index in [4.69, 9.17) is 21.3 Å². The van der Waals surface area contributed by atoms with Crippen molar-refractivity contribution in [2.45, 2.75) is 10.4 Å². The number of nitriles is 2. The molecule has 1 aliphatic heterocycles. The molecule has 0 aromatic heterocycles. The lowest BCUT2D eigenvalue weighted by atomic mass is 10.00. The van der Waals surface area contributed by atoms with Crippen LogP contribution in [0.1, 0.15) is 10.8 Å². The molecule has 126 valence electrons. The summed E-state index contributed by atoms with van der Waals surface area (Å²) in [6, 6.07) is 19.4. The van der Waals surface area contributed by atoms with Crippen LogP contribution in [0.15, 0.2) is 48.5 Å². The number of nitrogens with zero attached hydrogens (tertiary/aromatic N) is 2. The van der Waals surface area contributed by atoms with Crippen LogP contribution in [-0.2, 0) is 11.8 Å². The number of benzene rings is 2. The Morgan fingerprint density at radius 1 is 0.960 bits per heavy atom. The van der Waals surface area contributed by atoms with E-state index < -0.39 is 10.4 Å². The van der Waals surface area contributed by atoms with Gasteiger partial charge < -0.3 is 9.47 Å². The molecule has 1 fully saturated rings. The third-order valence-electron chi connectivity index (χ3n) is 4.27. The van der Waals surface area contributed by atoms with Crippen molar-refractivity contribution in [3.05, 3.63) is 54.1 Å². The van der Waals surface area contributed by atoms with Gasteiger partial charge in [0.05, 0.1) is 36.8 Å². The molecule has 1 aliphatic rings. The highest BCUT2D eigenvalue weighted by Gasteiger charge is 2.64. The number of hydrogen-bond acceptors (Lipinski definition) is 6. The van der Waals surface area contributed by atoms with E-state index in [0.717, 1.165) is 22.4 Å². The molecule has 1 saturated heterocycles. The zero-order chi connectivity index (χ0) is 18.1. The molecule has 2 aromatic rings. The summed E-state index contributed by atoms with van der Waals surface area (Å²) < 4.78 is 10.4. The fraction of sp³-hybridized carbons (Fsp3) is 0.222. The lowest BCUT2D eigenvalue weighted by Crippen LogP contribution is -2.42. The van der Waals surface area contributed by atoms with Gasteiger partial charge in [0.1, 0.15) is 11.5 Å². The molecule has 0 aliphatic carbocycles. The predicted octanol–water partition coefficient (Wildman–Crippen LogP) is 4.00. The van der Waals surface area contributed by atoms with Gasteiger partial charge in [-0.3, -0.25) is 0 Å². The summed E-state index contributed by atoms with van der Waals surface area (Å²) in [5.41, 5.74) is 0.919. The average Bonchev–Trinajstić information content (AvgIpc) is 2.67. The van der Waals surface area contributed by atoms with Crippen LogP contribution in [0, 0.1) is 22.7 Å². The van der Waals surface area contributed by atoms with Gasteiger partial charge in [0.2, 0.25) is 0 Å². The van der Waals surface area contributed by atoms with Crippen molar-refractivity contribution in [1.29, 1.82) is 10.5 Å². The van der Waals surface area contributed by atoms with Gasteiger partial charge in [0, 0.05) is 0 Å². The summed E-state index contributed by atoms with van der Waals surface area (Å²) in [5.74, 6) is 1.46. The first-order valence-corrected chi connectivity index (χ1v) is 11.7. The maximum Gasteiger partial charge on any atom is 0.200 e. The molecule has 1 heterocycles. The molecule has 25 heavy (non-hydrogen) atoms. The summed E-state index contributed by atoms with van der Waals surface area (Å²) in [4.78, 5) is 0. The van der Waals surface area contributed by atoms with Crippen LogP contribution in [0.3, 0.4) is 0 Å². The molecule has 0 spiro atoms. The molecule has 0 saturated carbocycles. The van der Waals surface area contributed by atoms with Gasteiger partial charge in [-0.25, -0.2) is 0 Å². The van der Waals surface area contributed by atoms with Gasteiger partial charge in [-0.2, -0.15) is 10.5 Å². The largest absolute Gasteiger partial charge is 0.497 e. The van der Waals surface area contributed by atoms with Crippen molar-refractivity contribution in [3.8, 4) is 23.6 Å². The first-order valence-electron chi connectivity index (χ1n) is 7.44. The smallest absolute Gasteiger partial charge is 0.200 e. The minimum absolute atomic E-state index is 0.263. The van der Waals surface area contributed by atoms with Crippen LogP contribution >= 0.6 is 16.6 Å². The van der Waals surface area contributed by atoms with Gasteiger partial charge in [-0.1, -0.05) is 23.9 Å². The first-order chi connectivity index (χ1) is 12.0. The minimum Gasteiger partial charge on any atom is -0.497 e. The average molecular weight is 386 g/mol. The molecule has 2 atom stereocenters. The second-order valence-electron chi connectivity index (χ2n) is 5.50. The molecule has 2 unspecified atom stereocenters. The van der Waals surface area contributed by atoms with Crippen LogP contribution in [0.2, 0.25) is 0 Å². The number of methoxy groups -OCH3 is 2. The highest BCUT2D eigenvalue weighted by Crippen LogP contribution is 2.85. The van der Waals surface area contributed by atoms with Crippen molar-refractivity contribution >= 4 is 33.7 Å². The topological polar surface area (TPSA) is 66.0 Å². The van der Waals surface area contributed by atoms with E-state index in [1.54, 1.807) is 25.6 Å². The molecule has 0 bridgehead atoms. The Morgan fingerprint density at radius 3 is 1.88 bits per heavy atom. The molecular weight excluding hydrogens is 371 g/mol. The van der Waals surface area contributed by atoms with Gasteiger partial charge in [-0.15, -0.1) is 11.4 Å². The van der Waals surface area contributed by atoms with Crippen LogP contribution < -0.4 is 14.8 Å². The van der Waals surface area contributed by atoms with Crippen LogP contribution in [-0.4, -0.2) is 19.4 Å². The number of ether oxygens (including phenoxy) is 2. The summed E-state index contributed by atoms with van der Waals surface area (Å²) >= 11 is 7.46. The SMILES string of the molecule is COc1ccc(C2SP(=S)(c3ccc(OC)cc3)C2(C#N)C#N)cc1. The maximum absolute atomic E-state index is 9.89. The van der Waals surface area contributed by atoms with Crippen LogP contribution in [0.25, 0.3) is 0 Å². The van der Waals surface area contributed by atoms with E-state index in [-0.39, 0.29) is 5.25 Å². The number of rotatable bonds is 4. The monoisotopic (exact) mass is 386 g/mol. The van der Waals surface area contributed by atoms with Gasteiger partial charge >= 0.3 is 0 Å². The summed E-state index contributed by atoms with van der Waals surface area (Å²) in [5, 5.41) is 16.8. The normalized spacial score (nSPS) is 23.6. The van der Waals surface area contributed by atoms with E-state index in [9.17, 15) is 10.5 Å². The molecule has 7 heteroatoms. The molecule has 2 aromatic carbocycles. The van der Waals surface area contributed by atoms with Crippen molar-refractivity contribution in [3.63, 3.8) is 0 Å². The van der Waals surface area contributed by atoms with Crippen molar-refractivity contribution in [2.75, 3.05) is 14.2 Å². The van der Waals surface area contributed by atoms with Gasteiger partial charge in [-0.05, 0) is 47.3 Å². The van der Waals surface area contributed by atoms with Crippen LogP contribution in [0.4, 0.5) is 0 Å². The predicted molar refractivity (Wildman–Crippen MR) is 104 cm³/mol. The molecular formula is C18H15N2O2PS2. The minimum atomic E-state index is -2.42. The molecule has 4 nitrogen and oxygen atoms in total. The van der Waals surface area contributed by atoms with E-state index in [1.165, 1.54) is 0 Å². The van der Waals surface area contributed by atoms with Crippen molar-refractivity contribution in [1.82, 2.24) is 0 Å². The third kappa shape index (κ3) is 2.62.